The first-order chi connectivity index (χ1) is 13.9. The van der Waals surface area contributed by atoms with Gasteiger partial charge in [-0.05, 0) is 104 Å². The minimum atomic E-state index is 0.426. The largest absolute Gasteiger partial charge is 0.374 e. The van der Waals surface area contributed by atoms with Crippen LogP contribution in [0, 0.1) is 46.3 Å². The Kier molecular flexibility index (Phi) is 5.22. The van der Waals surface area contributed by atoms with E-state index < -0.39 is 0 Å². The predicted octanol–water partition coefficient (Wildman–Crippen LogP) is 6.34. The number of fused-ring (bicyclic) bond motifs is 7. The molecule has 5 fully saturated rings. The van der Waals surface area contributed by atoms with E-state index in [1.54, 1.807) is 0 Å². The summed E-state index contributed by atoms with van der Waals surface area (Å²) >= 11 is 0. The summed E-state index contributed by atoms with van der Waals surface area (Å²) in [5, 5.41) is 0. The zero-order valence-corrected chi connectivity index (χ0v) is 19.3. The highest BCUT2D eigenvalue weighted by Crippen LogP contribution is 2.70. The fourth-order valence-corrected chi connectivity index (χ4v) is 9.76. The molecule has 0 amide bonds. The minimum Gasteiger partial charge on any atom is -0.374 e. The Bertz CT molecular complexity index is 644. The van der Waals surface area contributed by atoms with Gasteiger partial charge in [0.1, 0.15) is 0 Å². The maximum atomic E-state index is 6.78. The van der Waals surface area contributed by atoms with Crippen molar-refractivity contribution in [2.24, 2.45) is 52.1 Å². The van der Waals surface area contributed by atoms with E-state index in [9.17, 15) is 0 Å². The quantitative estimate of drug-likeness (QED) is 0.559. The van der Waals surface area contributed by atoms with E-state index in [2.05, 4.69) is 27.4 Å². The molecule has 2 heteroatoms. The van der Waals surface area contributed by atoms with Crippen molar-refractivity contribution in [1.29, 1.82) is 0 Å². The molecule has 2 unspecified atom stereocenters. The maximum absolute atomic E-state index is 6.78. The summed E-state index contributed by atoms with van der Waals surface area (Å²) in [4.78, 5) is 0. The van der Waals surface area contributed by atoms with E-state index >= 15 is 0 Å². The van der Waals surface area contributed by atoms with Crippen LogP contribution in [0.3, 0.4) is 0 Å². The number of rotatable bonds is 4. The fourth-order valence-electron chi connectivity index (χ4n) is 9.76. The van der Waals surface area contributed by atoms with Crippen LogP contribution in [0.25, 0.3) is 0 Å². The van der Waals surface area contributed by atoms with Crippen LogP contribution in [0.1, 0.15) is 91.4 Å². The lowest BCUT2D eigenvalue weighted by molar-refractivity contribution is -0.115. The Morgan fingerprint density at radius 2 is 1.86 bits per heavy atom. The van der Waals surface area contributed by atoms with Gasteiger partial charge in [0, 0.05) is 6.54 Å². The van der Waals surface area contributed by atoms with Crippen molar-refractivity contribution < 1.29 is 4.74 Å². The number of hydrogen-bond acceptors (Lipinski definition) is 2. The zero-order valence-electron chi connectivity index (χ0n) is 19.3. The standard InChI is InChI=1S/C27H45NO/c1-17(16-28)8-11-23-18(2)25-24(29-23)15-22-20-10-9-19-7-5-6-13-26(19,3)21(20)12-14-27(22,25)4/h18-25H,1,5-16,28H2,2-4H3/t18-,19?,20-,21+,22+,23?,24+,25+,26+,27+/m1/s1. The lowest BCUT2D eigenvalue weighted by Crippen LogP contribution is -2.53. The molecular formula is C27H45NO. The molecule has 0 spiro atoms. The van der Waals surface area contributed by atoms with E-state index in [1.165, 1.54) is 63.4 Å². The predicted molar refractivity (Wildman–Crippen MR) is 120 cm³/mol. The third kappa shape index (κ3) is 3.02. The monoisotopic (exact) mass is 399 g/mol. The second-order valence-corrected chi connectivity index (χ2v) is 12.3. The topological polar surface area (TPSA) is 35.2 Å². The molecule has 1 aliphatic heterocycles. The van der Waals surface area contributed by atoms with Crippen molar-refractivity contribution in [1.82, 2.24) is 0 Å². The zero-order chi connectivity index (χ0) is 20.4. The van der Waals surface area contributed by atoms with Crippen LogP contribution >= 0.6 is 0 Å². The van der Waals surface area contributed by atoms with E-state index in [1.807, 2.05) is 0 Å². The first-order valence-corrected chi connectivity index (χ1v) is 12.9. The molecule has 29 heavy (non-hydrogen) atoms. The number of ether oxygens (including phenoxy) is 1. The third-order valence-electron chi connectivity index (χ3n) is 11.2. The molecular weight excluding hydrogens is 354 g/mol. The van der Waals surface area contributed by atoms with Crippen LogP contribution in [0.4, 0.5) is 0 Å². The molecule has 0 bridgehead atoms. The maximum Gasteiger partial charge on any atom is 0.0618 e. The molecule has 2 nitrogen and oxygen atoms in total. The summed E-state index contributed by atoms with van der Waals surface area (Å²) in [6.07, 6.45) is 16.4. The van der Waals surface area contributed by atoms with Gasteiger partial charge in [0.15, 0.2) is 0 Å². The molecule has 0 aromatic heterocycles. The van der Waals surface area contributed by atoms with Crippen LogP contribution in [-0.4, -0.2) is 18.8 Å². The second kappa shape index (κ2) is 7.37. The lowest BCUT2D eigenvalue weighted by Gasteiger charge is -2.60. The van der Waals surface area contributed by atoms with Gasteiger partial charge in [0.2, 0.25) is 0 Å². The summed E-state index contributed by atoms with van der Waals surface area (Å²) < 4.78 is 6.78. The molecule has 2 N–H and O–H groups in total. The average molecular weight is 400 g/mol. The van der Waals surface area contributed by atoms with Crippen LogP contribution in [0.15, 0.2) is 12.2 Å². The first-order valence-electron chi connectivity index (χ1n) is 12.9. The van der Waals surface area contributed by atoms with Gasteiger partial charge in [-0.3, -0.25) is 0 Å². The van der Waals surface area contributed by atoms with Gasteiger partial charge in [-0.1, -0.05) is 45.8 Å². The van der Waals surface area contributed by atoms with Crippen molar-refractivity contribution in [3.8, 4) is 0 Å². The van der Waals surface area contributed by atoms with Crippen molar-refractivity contribution in [2.75, 3.05) is 6.54 Å². The molecule has 0 radical (unpaired) electrons. The molecule has 5 aliphatic rings. The van der Waals surface area contributed by atoms with Gasteiger partial charge in [-0.15, -0.1) is 0 Å². The second-order valence-electron chi connectivity index (χ2n) is 12.3. The van der Waals surface area contributed by atoms with Crippen molar-refractivity contribution in [3.05, 3.63) is 12.2 Å². The normalized spacial score (nSPS) is 53.7. The summed E-state index contributed by atoms with van der Waals surface area (Å²) in [7, 11) is 0. The van der Waals surface area contributed by atoms with E-state index in [-0.39, 0.29) is 0 Å². The van der Waals surface area contributed by atoms with Crippen LogP contribution in [-0.2, 0) is 4.74 Å². The van der Waals surface area contributed by atoms with Gasteiger partial charge in [-0.25, -0.2) is 0 Å². The molecule has 10 atom stereocenters. The van der Waals surface area contributed by atoms with Crippen LogP contribution in [0.2, 0.25) is 0 Å². The van der Waals surface area contributed by atoms with Crippen LogP contribution in [0.5, 0.6) is 0 Å². The summed E-state index contributed by atoms with van der Waals surface area (Å²) in [6, 6.07) is 0. The fraction of sp³-hybridized carbons (Fsp3) is 0.926. The molecule has 5 rings (SSSR count). The Morgan fingerprint density at radius 3 is 2.66 bits per heavy atom. The van der Waals surface area contributed by atoms with Crippen molar-refractivity contribution in [2.45, 2.75) is 104 Å². The summed E-state index contributed by atoms with van der Waals surface area (Å²) in [6.45, 7) is 12.6. The van der Waals surface area contributed by atoms with Gasteiger partial charge in [-0.2, -0.15) is 0 Å². The minimum absolute atomic E-state index is 0.426. The van der Waals surface area contributed by atoms with Gasteiger partial charge in [0.25, 0.3) is 0 Å². The van der Waals surface area contributed by atoms with Crippen molar-refractivity contribution in [3.63, 3.8) is 0 Å². The van der Waals surface area contributed by atoms with E-state index in [4.69, 9.17) is 10.5 Å². The Hall–Kier alpha value is -0.340. The lowest BCUT2D eigenvalue weighted by atomic mass is 9.44. The summed E-state index contributed by atoms with van der Waals surface area (Å²) in [5.41, 5.74) is 8.12. The third-order valence-corrected chi connectivity index (χ3v) is 11.2. The van der Waals surface area contributed by atoms with Gasteiger partial charge >= 0.3 is 0 Å². The molecule has 0 aromatic carbocycles. The summed E-state index contributed by atoms with van der Waals surface area (Å²) in [5.74, 6) is 5.39. The number of hydrogen-bond donors (Lipinski definition) is 1. The molecule has 4 saturated carbocycles. The number of nitrogens with two attached hydrogens (primary N) is 1. The Labute approximate surface area is 179 Å². The molecule has 164 valence electrons. The molecule has 1 heterocycles. The van der Waals surface area contributed by atoms with E-state index in [0.29, 0.717) is 35.5 Å². The highest BCUT2D eigenvalue weighted by molar-refractivity contribution is 5.14. The van der Waals surface area contributed by atoms with Crippen LogP contribution < -0.4 is 5.73 Å². The first kappa shape index (κ1) is 20.6. The molecule has 1 saturated heterocycles. The highest BCUT2D eigenvalue weighted by Gasteiger charge is 2.65. The Balaban J connectivity index is 1.33. The Morgan fingerprint density at radius 1 is 1.03 bits per heavy atom. The smallest absolute Gasteiger partial charge is 0.0618 e. The SMILES string of the molecule is C=C(CN)CCC1O[C@H]2C[C@H]3[C@@H]4CCC5CCCC[C@]5(C)[C@H]4CC[C@]3(C)[C@H]2[C@@H]1C. The average Bonchev–Trinajstić information content (AvgIpc) is 3.19. The molecule has 4 aliphatic carbocycles. The van der Waals surface area contributed by atoms with Gasteiger partial charge < -0.3 is 10.5 Å². The van der Waals surface area contributed by atoms with E-state index in [0.717, 1.165) is 42.4 Å². The van der Waals surface area contributed by atoms with Gasteiger partial charge in [0.05, 0.1) is 12.2 Å². The van der Waals surface area contributed by atoms with Crippen molar-refractivity contribution >= 4 is 0 Å². The molecule has 0 aromatic rings. The highest BCUT2D eigenvalue weighted by atomic mass is 16.5.